The summed E-state index contributed by atoms with van der Waals surface area (Å²) >= 11 is 0. The van der Waals surface area contributed by atoms with Crippen molar-refractivity contribution >= 4 is 20.9 Å². The first kappa shape index (κ1) is 20.8. The van der Waals surface area contributed by atoms with Crippen molar-refractivity contribution < 1.29 is 8.42 Å². The van der Waals surface area contributed by atoms with Crippen LogP contribution in [0.2, 0.25) is 0 Å². The molecule has 1 aliphatic rings. The number of piperidine rings is 1. The van der Waals surface area contributed by atoms with Gasteiger partial charge in [0.15, 0.2) is 0 Å². The molecule has 9 heteroatoms. The number of aromatic amines is 2. The van der Waals surface area contributed by atoms with E-state index in [2.05, 4.69) is 33.4 Å². The van der Waals surface area contributed by atoms with Gasteiger partial charge in [-0.1, -0.05) is 13.8 Å². The topological polar surface area (TPSA) is 115 Å². The van der Waals surface area contributed by atoms with Gasteiger partial charge in [0.1, 0.15) is 0 Å². The molecule has 0 amide bonds. The largest absolute Gasteiger partial charge is 0.326 e. The minimum atomic E-state index is -3.71. The van der Waals surface area contributed by atoms with E-state index in [1.54, 1.807) is 0 Å². The van der Waals surface area contributed by atoms with Crippen LogP contribution in [0.1, 0.15) is 33.1 Å². The van der Waals surface area contributed by atoms with Crippen molar-refractivity contribution in [1.29, 1.82) is 0 Å². The van der Waals surface area contributed by atoms with Gasteiger partial charge in [-0.2, -0.15) is 0 Å². The van der Waals surface area contributed by atoms with Crippen molar-refractivity contribution in [2.75, 3.05) is 26.2 Å². The van der Waals surface area contributed by atoms with E-state index in [-0.39, 0.29) is 10.3 Å². The summed E-state index contributed by atoms with van der Waals surface area (Å²) < 4.78 is 27.6. The number of hydrogen-bond acceptors (Lipinski definition) is 5. The molecule has 154 valence electrons. The molecule has 0 bridgehead atoms. The fourth-order valence-electron chi connectivity index (χ4n) is 4.04. The lowest BCUT2D eigenvalue weighted by molar-refractivity contribution is 0.139. The third-order valence-corrected chi connectivity index (χ3v) is 6.62. The highest BCUT2D eigenvalue weighted by Gasteiger charge is 2.21. The van der Waals surface area contributed by atoms with Crippen molar-refractivity contribution in [3.8, 4) is 0 Å². The van der Waals surface area contributed by atoms with Gasteiger partial charge in [0.05, 0.1) is 15.8 Å². The van der Waals surface area contributed by atoms with E-state index < -0.39 is 21.3 Å². The Labute approximate surface area is 164 Å². The van der Waals surface area contributed by atoms with Gasteiger partial charge in [-0.15, -0.1) is 0 Å². The first-order chi connectivity index (χ1) is 13.2. The van der Waals surface area contributed by atoms with Crippen molar-refractivity contribution in [2.45, 2.75) is 38.0 Å². The Bertz CT molecular complexity index is 1030. The number of hydrogen-bond donors (Lipinski definition) is 3. The lowest BCUT2D eigenvalue weighted by Crippen LogP contribution is -2.39. The molecule has 2 aromatic rings. The lowest BCUT2D eigenvalue weighted by Gasteiger charge is -2.34. The van der Waals surface area contributed by atoms with Crippen LogP contribution in [0.3, 0.4) is 0 Å². The van der Waals surface area contributed by atoms with E-state index >= 15 is 0 Å². The predicted molar refractivity (Wildman–Crippen MR) is 109 cm³/mol. The van der Waals surface area contributed by atoms with Gasteiger partial charge in [-0.05, 0) is 55.8 Å². The molecule has 1 fully saturated rings. The van der Waals surface area contributed by atoms with Gasteiger partial charge < -0.3 is 9.88 Å². The molecule has 1 aliphatic heterocycles. The zero-order valence-electron chi connectivity index (χ0n) is 16.3. The minimum absolute atomic E-state index is 0.0104. The second-order valence-corrected chi connectivity index (χ2v) is 9.69. The summed E-state index contributed by atoms with van der Waals surface area (Å²) in [4.78, 5) is 30.2. The third-order valence-electron chi connectivity index (χ3n) is 5.16. The number of rotatable bonds is 7. The molecular formula is C19H28N4O4S. The van der Waals surface area contributed by atoms with Crippen molar-refractivity contribution in [2.24, 2.45) is 11.8 Å². The molecule has 2 heterocycles. The second-order valence-electron chi connectivity index (χ2n) is 7.93. The van der Waals surface area contributed by atoms with Crippen LogP contribution in [0.25, 0.3) is 10.9 Å². The Hall–Kier alpha value is -1.97. The molecule has 0 saturated carbocycles. The van der Waals surface area contributed by atoms with E-state index in [9.17, 15) is 18.0 Å². The molecule has 2 atom stereocenters. The normalized spacial score (nSPS) is 21.2. The Morgan fingerprint density at radius 3 is 2.54 bits per heavy atom. The zero-order valence-corrected chi connectivity index (χ0v) is 17.1. The Morgan fingerprint density at radius 1 is 1.11 bits per heavy atom. The molecule has 28 heavy (non-hydrogen) atoms. The smallest absolute Gasteiger partial charge is 0.307 e. The molecular weight excluding hydrogens is 380 g/mol. The standard InChI is InChI=1S/C19H28N4O4S/c1-13-9-14(2)12-23(11-13)8-4-3-7-20-28(26,27)15-5-6-17-16(10-15)18(24)22-19(25)21-17/h5-6,10,13-14,20H,3-4,7-9,11-12H2,1-2H3,(H2,21,22,24,25). The summed E-state index contributed by atoms with van der Waals surface area (Å²) in [7, 11) is -3.71. The number of sulfonamides is 1. The zero-order chi connectivity index (χ0) is 20.3. The highest BCUT2D eigenvalue weighted by molar-refractivity contribution is 7.89. The summed E-state index contributed by atoms with van der Waals surface area (Å²) in [6, 6.07) is 4.10. The lowest BCUT2D eigenvalue weighted by atomic mass is 9.92. The van der Waals surface area contributed by atoms with Crippen LogP contribution in [0, 0.1) is 11.8 Å². The van der Waals surface area contributed by atoms with Gasteiger partial charge in [0, 0.05) is 19.6 Å². The maximum atomic E-state index is 12.5. The van der Waals surface area contributed by atoms with Crippen LogP contribution in [0.5, 0.6) is 0 Å². The fourth-order valence-corrected chi connectivity index (χ4v) is 5.14. The Kier molecular flexibility index (Phi) is 6.36. The van der Waals surface area contributed by atoms with E-state index in [0.717, 1.165) is 32.5 Å². The number of aromatic nitrogens is 2. The number of nitrogens with one attached hydrogen (secondary N) is 3. The molecule has 1 saturated heterocycles. The molecule has 1 aromatic carbocycles. The van der Waals surface area contributed by atoms with Gasteiger partial charge in [-0.3, -0.25) is 9.78 Å². The molecule has 0 spiro atoms. The number of H-pyrrole nitrogens is 2. The van der Waals surface area contributed by atoms with Crippen molar-refractivity contribution in [1.82, 2.24) is 19.6 Å². The van der Waals surface area contributed by atoms with Crippen LogP contribution >= 0.6 is 0 Å². The number of unbranched alkanes of at least 4 members (excludes halogenated alkanes) is 1. The molecule has 1 aromatic heterocycles. The van der Waals surface area contributed by atoms with Crippen molar-refractivity contribution in [3.63, 3.8) is 0 Å². The maximum Gasteiger partial charge on any atom is 0.326 e. The minimum Gasteiger partial charge on any atom is -0.307 e. The quantitative estimate of drug-likeness (QED) is 0.597. The van der Waals surface area contributed by atoms with Gasteiger partial charge in [0.25, 0.3) is 5.56 Å². The van der Waals surface area contributed by atoms with Crippen LogP contribution in [0.15, 0.2) is 32.7 Å². The number of nitrogens with zero attached hydrogens (tertiary/aromatic N) is 1. The first-order valence-electron chi connectivity index (χ1n) is 9.73. The van der Waals surface area contributed by atoms with E-state index in [1.165, 1.54) is 24.6 Å². The summed E-state index contributed by atoms with van der Waals surface area (Å²) in [5, 5.41) is 0.135. The van der Waals surface area contributed by atoms with E-state index in [4.69, 9.17) is 0 Å². The van der Waals surface area contributed by atoms with Gasteiger partial charge in [0.2, 0.25) is 10.0 Å². The number of likely N-dealkylation sites (tertiary alicyclic amines) is 1. The van der Waals surface area contributed by atoms with E-state index in [1.807, 2.05) is 0 Å². The third kappa shape index (κ3) is 5.09. The van der Waals surface area contributed by atoms with Crippen LogP contribution in [0.4, 0.5) is 0 Å². The Balaban J connectivity index is 1.55. The van der Waals surface area contributed by atoms with Crippen LogP contribution in [-0.2, 0) is 10.0 Å². The predicted octanol–water partition coefficient (Wildman–Crippen LogP) is 1.25. The van der Waals surface area contributed by atoms with Gasteiger partial charge in [-0.25, -0.2) is 17.9 Å². The van der Waals surface area contributed by atoms with Crippen molar-refractivity contribution in [3.05, 3.63) is 39.0 Å². The molecule has 3 N–H and O–H groups in total. The SMILES string of the molecule is CC1CC(C)CN(CCCCNS(=O)(=O)c2ccc3[nH]c(=O)[nH]c(=O)c3c2)C1. The maximum absolute atomic E-state index is 12.5. The first-order valence-corrected chi connectivity index (χ1v) is 11.2. The monoisotopic (exact) mass is 408 g/mol. The highest BCUT2D eigenvalue weighted by atomic mass is 32.2. The highest BCUT2D eigenvalue weighted by Crippen LogP contribution is 2.21. The van der Waals surface area contributed by atoms with Crippen LogP contribution < -0.4 is 16.0 Å². The summed E-state index contributed by atoms with van der Waals surface area (Å²) in [6.45, 7) is 8.12. The molecule has 3 rings (SSSR count). The molecule has 8 nitrogen and oxygen atoms in total. The van der Waals surface area contributed by atoms with Crippen LogP contribution in [-0.4, -0.2) is 49.5 Å². The molecule has 2 unspecified atom stereocenters. The summed E-state index contributed by atoms with van der Waals surface area (Å²) in [5.41, 5.74) is -0.929. The van der Waals surface area contributed by atoms with Gasteiger partial charge >= 0.3 is 5.69 Å². The summed E-state index contributed by atoms with van der Waals surface area (Å²) in [6.07, 6.45) is 2.96. The van der Waals surface area contributed by atoms with E-state index in [0.29, 0.717) is 23.9 Å². The average Bonchev–Trinajstić information content (AvgIpc) is 2.60. The Morgan fingerprint density at radius 2 is 1.82 bits per heavy atom. The number of benzene rings is 1. The second kappa shape index (κ2) is 8.59. The molecule has 0 aliphatic carbocycles. The fraction of sp³-hybridized carbons (Fsp3) is 0.579. The average molecular weight is 409 g/mol. The molecule has 0 radical (unpaired) electrons. The summed E-state index contributed by atoms with van der Waals surface area (Å²) in [5.74, 6) is 1.43. The number of fused-ring (bicyclic) bond motifs is 1.